The number of hydrogen-bond donors (Lipinski definition) is 1. The van der Waals surface area contributed by atoms with Gasteiger partial charge < -0.3 is 10.6 Å². The van der Waals surface area contributed by atoms with Gasteiger partial charge in [0.1, 0.15) is 0 Å². The van der Waals surface area contributed by atoms with E-state index in [9.17, 15) is 4.79 Å². The molecule has 1 aliphatic heterocycles. The molecule has 0 aromatic rings. The molecule has 120 valence electrons. The molecule has 0 bridgehead atoms. The molecule has 3 aliphatic rings. The van der Waals surface area contributed by atoms with Crippen molar-refractivity contribution in [1.82, 2.24) is 4.90 Å². The first-order valence-electron chi connectivity index (χ1n) is 9.09. The van der Waals surface area contributed by atoms with E-state index in [-0.39, 0.29) is 5.41 Å². The van der Waals surface area contributed by atoms with Gasteiger partial charge in [-0.2, -0.15) is 0 Å². The zero-order valence-corrected chi connectivity index (χ0v) is 13.7. The number of likely N-dealkylation sites (tertiary alicyclic amines) is 1. The Hall–Kier alpha value is -0.570. The average Bonchev–Trinajstić information content (AvgIpc) is 2.97. The number of rotatable bonds is 2. The van der Waals surface area contributed by atoms with Crippen molar-refractivity contribution in [3.8, 4) is 0 Å². The number of carbonyl (C=O) groups excluding carboxylic acids is 1. The van der Waals surface area contributed by atoms with Crippen molar-refractivity contribution in [1.29, 1.82) is 0 Å². The minimum atomic E-state index is -0.229. The maximum Gasteiger partial charge on any atom is 0.230 e. The molecular formula is C18H32N2O. The molecule has 0 unspecified atom stereocenters. The zero-order chi connectivity index (χ0) is 14.9. The summed E-state index contributed by atoms with van der Waals surface area (Å²) in [7, 11) is 0. The minimum absolute atomic E-state index is 0.229. The molecule has 1 spiro atoms. The third-order valence-electron chi connectivity index (χ3n) is 6.85. The van der Waals surface area contributed by atoms with Gasteiger partial charge in [-0.05, 0) is 62.7 Å². The monoisotopic (exact) mass is 292 g/mol. The van der Waals surface area contributed by atoms with E-state index < -0.39 is 0 Å². The maximum atomic E-state index is 13.1. The number of nitrogens with two attached hydrogens (primary N) is 1. The van der Waals surface area contributed by atoms with E-state index in [0.29, 0.717) is 17.9 Å². The van der Waals surface area contributed by atoms with Crippen LogP contribution >= 0.6 is 0 Å². The molecule has 3 fully saturated rings. The number of carbonyl (C=O) groups is 1. The molecule has 2 aliphatic carbocycles. The summed E-state index contributed by atoms with van der Waals surface area (Å²) >= 11 is 0. The van der Waals surface area contributed by atoms with E-state index in [1.165, 1.54) is 51.4 Å². The Morgan fingerprint density at radius 1 is 1.05 bits per heavy atom. The van der Waals surface area contributed by atoms with Crippen LogP contribution in [0.2, 0.25) is 0 Å². The third-order valence-corrected chi connectivity index (χ3v) is 6.85. The van der Waals surface area contributed by atoms with Crippen LogP contribution in [0.5, 0.6) is 0 Å². The maximum absolute atomic E-state index is 13.1. The molecule has 0 aromatic heterocycles. The van der Waals surface area contributed by atoms with Crippen LogP contribution in [0.15, 0.2) is 0 Å². The predicted octanol–water partition coefficient (Wildman–Crippen LogP) is 3.32. The Morgan fingerprint density at radius 2 is 1.62 bits per heavy atom. The fourth-order valence-corrected chi connectivity index (χ4v) is 4.96. The van der Waals surface area contributed by atoms with E-state index >= 15 is 0 Å². The fourth-order valence-electron chi connectivity index (χ4n) is 4.96. The van der Waals surface area contributed by atoms with Crippen LogP contribution in [0, 0.1) is 16.7 Å². The highest BCUT2D eigenvalue weighted by molar-refractivity contribution is 5.83. The summed E-state index contributed by atoms with van der Waals surface area (Å²) in [6, 6.07) is 0. The lowest BCUT2D eigenvalue weighted by Gasteiger charge is -2.45. The first-order chi connectivity index (χ1) is 10.1. The van der Waals surface area contributed by atoms with E-state index in [2.05, 4.69) is 11.8 Å². The van der Waals surface area contributed by atoms with E-state index in [4.69, 9.17) is 5.73 Å². The Morgan fingerprint density at radius 3 is 2.14 bits per heavy atom. The molecule has 0 atom stereocenters. The third kappa shape index (κ3) is 2.86. The Bertz CT molecular complexity index is 369. The Labute approximate surface area is 129 Å². The van der Waals surface area contributed by atoms with Gasteiger partial charge in [-0.3, -0.25) is 4.79 Å². The quantitative estimate of drug-likeness (QED) is 0.848. The Balaban J connectivity index is 1.62. The molecular weight excluding hydrogens is 260 g/mol. The number of hydrogen-bond acceptors (Lipinski definition) is 2. The summed E-state index contributed by atoms with van der Waals surface area (Å²) in [5.41, 5.74) is 6.42. The smallest absolute Gasteiger partial charge is 0.230 e. The zero-order valence-electron chi connectivity index (χ0n) is 13.7. The summed E-state index contributed by atoms with van der Waals surface area (Å²) in [6.07, 6.45) is 12.4. The van der Waals surface area contributed by atoms with Crippen molar-refractivity contribution in [2.24, 2.45) is 22.5 Å². The second-order valence-corrected chi connectivity index (χ2v) is 8.17. The summed E-state index contributed by atoms with van der Waals surface area (Å²) in [6.45, 7) is 4.81. The molecule has 3 heteroatoms. The summed E-state index contributed by atoms with van der Waals surface area (Å²) in [5.74, 6) is 1.14. The Kier molecular flexibility index (Phi) is 4.31. The molecule has 3 rings (SSSR count). The van der Waals surface area contributed by atoms with Crippen LogP contribution in [0.4, 0.5) is 0 Å². The number of amides is 1. The standard InChI is InChI=1S/C18H32N2O/c1-15-4-8-18(14-19,9-5-15)16(21)20-12-10-17(11-13-20)6-2-3-7-17/h15H,2-14,19H2,1H3. The molecule has 1 heterocycles. The summed E-state index contributed by atoms with van der Waals surface area (Å²) < 4.78 is 0. The van der Waals surface area contributed by atoms with Crippen LogP contribution < -0.4 is 5.73 Å². The van der Waals surface area contributed by atoms with Crippen molar-refractivity contribution < 1.29 is 4.79 Å². The molecule has 2 N–H and O–H groups in total. The van der Waals surface area contributed by atoms with Crippen LogP contribution in [0.25, 0.3) is 0 Å². The highest BCUT2D eigenvalue weighted by atomic mass is 16.2. The lowest BCUT2D eigenvalue weighted by atomic mass is 9.69. The molecule has 0 radical (unpaired) electrons. The molecule has 3 nitrogen and oxygen atoms in total. The van der Waals surface area contributed by atoms with Crippen molar-refractivity contribution >= 4 is 5.91 Å². The van der Waals surface area contributed by atoms with E-state index in [1.54, 1.807) is 0 Å². The molecule has 1 saturated heterocycles. The van der Waals surface area contributed by atoms with Gasteiger partial charge in [0.25, 0.3) is 0 Å². The molecule has 21 heavy (non-hydrogen) atoms. The number of nitrogens with zero attached hydrogens (tertiary/aromatic N) is 1. The summed E-state index contributed by atoms with van der Waals surface area (Å²) in [4.78, 5) is 15.2. The van der Waals surface area contributed by atoms with Crippen LogP contribution in [-0.4, -0.2) is 30.4 Å². The van der Waals surface area contributed by atoms with Crippen molar-refractivity contribution in [2.45, 2.75) is 71.1 Å². The first-order valence-corrected chi connectivity index (χ1v) is 9.09. The lowest BCUT2D eigenvalue weighted by molar-refractivity contribution is -0.146. The van der Waals surface area contributed by atoms with Gasteiger partial charge in [-0.15, -0.1) is 0 Å². The van der Waals surface area contributed by atoms with Crippen LogP contribution in [0.1, 0.15) is 71.1 Å². The van der Waals surface area contributed by atoms with E-state index in [1.807, 2.05) is 0 Å². The van der Waals surface area contributed by atoms with E-state index in [0.717, 1.165) is 31.8 Å². The van der Waals surface area contributed by atoms with Crippen LogP contribution in [-0.2, 0) is 4.79 Å². The minimum Gasteiger partial charge on any atom is -0.342 e. The second kappa shape index (κ2) is 5.91. The van der Waals surface area contributed by atoms with Gasteiger partial charge >= 0.3 is 0 Å². The average molecular weight is 292 g/mol. The number of piperidine rings is 1. The van der Waals surface area contributed by atoms with Crippen LogP contribution in [0.3, 0.4) is 0 Å². The van der Waals surface area contributed by atoms with Gasteiger partial charge in [0.2, 0.25) is 5.91 Å². The van der Waals surface area contributed by atoms with Gasteiger partial charge in [0, 0.05) is 19.6 Å². The predicted molar refractivity (Wildman–Crippen MR) is 85.8 cm³/mol. The van der Waals surface area contributed by atoms with Gasteiger partial charge in [0.15, 0.2) is 0 Å². The first kappa shape index (κ1) is 15.3. The molecule has 1 amide bonds. The van der Waals surface area contributed by atoms with Gasteiger partial charge in [-0.1, -0.05) is 19.8 Å². The van der Waals surface area contributed by atoms with Crippen molar-refractivity contribution in [3.63, 3.8) is 0 Å². The topological polar surface area (TPSA) is 46.3 Å². The highest BCUT2D eigenvalue weighted by Crippen LogP contribution is 2.47. The fraction of sp³-hybridized carbons (Fsp3) is 0.944. The van der Waals surface area contributed by atoms with Gasteiger partial charge in [0.05, 0.1) is 5.41 Å². The SMILES string of the molecule is CC1CCC(CN)(C(=O)N2CCC3(CCCC3)CC2)CC1. The van der Waals surface area contributed by atoms with Crippen molar-refractivity contribution in [3.05, 3.63) is 0 Å². The lowest BCUT2D eigenvalue weighted by Crippen LogP contribution is -2.52. The van der Waals surface area contributed by atoms with Crippen molar-refractivity contribution in [2.75, 3.05) is 19.6 Å². The molecule has 0 aromatic carbocycles. The summed E-state index contributed by atoms with van der Waals surface area (Å²) in [5, 5.41) is 0. The van der Waals surface area contributed by atoms with Gasteiger partial charge in [-0.25, -0.2) is 0 Å². The largest absolute Gasteiger partial charge is 0.342 e. The highest BCUT2D eigenvalue weighted by Gasteiger charge is 2.45. The normalized spacial score (nSPS) is 36.1. The molecule has 2 saturated carbocycles. The second-order valence-electron chi connectivity index (χ2n) is 8.17.